The van der Waals surface area contributed by atoms with Gasteiger partial charge in [-0.25, -0.2) is 4.98 Å². The van der Waals surface area contributed by atoms with Crippen LogP contribution in [0.4, 0.5) is 5.82 Å². The summed E-state index contributed by atoms with van der Waals surface area (Å²) >= 11 is 1.53. The number of fused-ring (bicyclic) bond motifs is 3. The molecule has 2 atom stereocenters. The molecule has 1 amide bonds. The minimum Gasteiger partial charge on any atom is -0.372 e. The molecule has 3 aromatic rings. The van der Waals surface area contributed by atoms with Crippen LogP contribution in [-0.2, 0) is 9.53 Å². The second kappa shape index (κ2) is 7.16. The Hall–Kier alpha value is -2.49. The smallest absolute Gasteiger partial charge is 0.239 e. The van der Waals surface area contributed by atoms with E-state index < -0.39 is 0 Å². The largest absolute Gasteiger partial charge is 0.372 e. The van der Waals surface area contributed by atoms with Gasteiger partial charge in [0.2, 0.25) is 5.91 Å². The molecule has 2 fully saturated rings. The van der Waals surface area contributed by atoms with Crippen LogP contribution in [0.1, 0.15) is 17.8 Å². The van der Waals surface area contributed by atoms with E-state index in [1.165, 1.54) is 11.3 Å². The van der Waals surface area contributed by atoms with Crippen LogP contribution < -0.4 is 5.32 Å². The maximum absolute atomic E-state index is 12.5. The second-order valence-electron chi connectivity index (χ2n) is 7.31. The van der Waals surface area contributed by atoms with Crippen molar-refractivity contribution >= 4 is 34.0 Å². The van der Waals surface area contributed by atoms with Crippen molar-refractivity contribution in [2.24, 2.45) is 0 Å². The highest BCUT2D eigenvalue weighted by atomic mass is 32.1. The molecule has 0 spiro atoms. The van der Waals surface area contributed by atoms with Gasteiger partial charge in [0.25, 0.3) is 0 Å². The fraction of sp³-hybridized carbons (Fsp3) is 0.421. The quantitative estimate of drug-likeness (QED) is 0.723. The number of nitrogens with zero attached hydrogens (tertiary/aromatic N) is 5. The Labute approximate surface area is 166 Å². The lowest BCUT2D eigenvalue weighted by Gasteiger charge is -2.31. The van der Waals surface area contributed by atoms with E-state index in [-0.39, 0.29) is 18.1 Å². The minimum absolute atomic E-state index is 0.0583. The first-order chi connectivity index (χ1) is 13.6. The van der Waals surface area contributed by atoms with Crippen LogP contribution in [0, 0.1) is 6.92 Å². The predicted molar refractivity (Wildman–Crippen MR) is 106 cm³/mol. The first-order valence-electron chi connectivity index (χ1n) is 9.36. The molecule has 28 heavy (non-hydrogen) atoms. The number of aryl methyl sites for hydroxylation is 1. The fourth-order valence-electron chi connectivity index (χ4n) is 3.84. The molecular weight excluding hydrogens is 376 g/mol. The number of carbonyl (C=O) groups excluding carboxylic acids is 1. The summed E-state index contributed by atoms with van der Waals surface area (Å²) in [5.74, 6) is 0.470. The first kappa shape index (κ1) is 17.6. The Morgan fingerprint density at radius 2 is 2.04 bits per heavy atom. The lowest BCUT2D eigenvalue weighted by atomic mass is 10.2. The minimum atomic E-state index is -0.0583. The molecule has 3 aromatic heterocycles. The van der Waals surface area contributed by atoms with E-state index in [1.54, 1.807) is 12.4 Å². The molecule has 5 heterocycles. The van der Waals surface area contributed by atoms with Gasteiger partial charge < -0.3 is 10.1 Å². The summed E-state index contributed by atoms with van der Waals surface area (Å²) < 4.78 is 5.82. The Kier molecular flexibility index (Phi) is 4.50. The molecule has 2 aliphatic heterocycles. The third-order valence-electron chi connectivity index (χ3n) is 5.09. The molecule has 9 heteroatoms. The first-order valence-corrected chi connectivity index (χ1v) is 10.2. The maximum atomic E-state index is 12.5. The summed E-state index contributed by atoms with van der Waals surface area (Å²) in [5.41, 5.74) is 1.68. The van der Waals surface area contributed by atoms with Gasteiger partial charge in [-0.3, -0.25) is 14.7 Å². The van der Waals surface area contributed by atoms with Crippen molar-refractivity contribution in [2.45, 2.75) is 32.0 Å². The summed E-state index contributed by atoms with van der Waals surface area (Å²) in [6.07, 6.45) is 6.19. The van der Waals surface area contributed by atoms with Gasteiger partial charge in [0.05, 0.1) is 30.5 Å². The van der Waals surface area contributed by atoms with E-state index in [4.69, 9.17) is 4.74 Å². The zero-order valence-corrected chi connectivity index (χ0v) is 16.3. The average molecular weight is 396 g/mol. The van der Waals surface area contributed by atoms with Gasteiger partial charge in [-0.15, -0.1) is 10.2 Å². The normalized spacial score (nSPS) is 21.9. The number of aromatic nitrogens is 4. The van der Waals surface area contributed by atoms with E-state index in [0.717, 1.165) is 52.4 Å². The summed E-state index contributed by atoms with van der Waals surface area (Å²) in [6.45, 7) is 3.93. The van der Waals surface area contributed by atoms with Gasteiger partial charge in [-0.2, -0.15) is 0 Å². The summed E-state index contributed by atoms with van der Waals surface area (Å²) in [5, 5.41) is 13.8. The molecule has 0 aliphatic carbocycles. The van der Waals surface area contributed by atoms with Gasteiger partial charge in [-0.05, 0) is 31.9 Å². The molecule has 2 saturated heterocycles. The molecule has 2 bridgehead atoms. The lowest BCUT2D eigenvalue weighted by Crippen LogP contribution is -2.45. The third-order valence-corrected chi connectivity index (χ3v) is 5.98. The van der Waals surface area contributed by atoms with E-state index in [2.05, 4.69) is 30.4 Å². The number of ether oxygens (including phenoxy) is 1. The van der Waals surface area contributed by atoms with Crippen molar-refractivity contribution in [1.82, 2.24) is 25.1 Å². The second-order valence-corrected chi connectivity index (χ2v) is 8.49. The molecule has 8 nitrogen and oxygen atoms in total. The summed E-state index contributed by atoms with van der Waals surface area (Å²) in [6, 6.07) is 3.85. The van der Waals surface area contributed by atoms with Crippen LogP contribution in [0.5, 0.6) is 0 Å². The number of rotatable bonds is 4. The fourth-order valence-corrected chi connectivity index (χ4v) is 4.52. The van der Waals surface area contributed by atoms with Crippen LogP contribution in [-0.4, -0.2) is 62.8 Å². The van der Waals surface area contributed by atoms with Crippen LogP contribution >= 0.6 is 11.3 Å². The summed E-state index contributed by atoms with van der Waals surface area (Å²) in [7, 11) is 0. The number of anilines is 1. The van der Waals surface area contributed by atoms with Crippen LogP contribution in [0.3, 0.4) is 0 Å². The lowest BCUT2D eigenvalue weighted by molar-refractivity contribution is -0.119. The number of nitrogens with one attached hydrogen (secondary N) is 1. The molecule has 1 N–H and O–H groups in total. The number of likely N-dealkylation sites (tertiary alicyclic amines) is 1. The highest BCUT2D eigenvalue weighted by Crippen LogP contribution is 2.27. The Balaban J connectivity index is 1.30. The molecule has 144 valence electrons. The molecule has 0 radical (unpaired) electrons. The van der Waals surface area contributed by atoms with Crippen molar-refractivity contribution in [3.8, 4) is 10.6 Å². The standard InChI is InChI=1S/C19H20N6O2S/c1-11-23-24-19(28-11)13-4-12-5-17(21-7-16(12)20-6-13)22-18(26)10-25-8-14-2-3-15(9-25)27-14/h4-7,14-15H,2-3,8-10H2,1H3,(H,21,22,26). The Bertz CT molecular complexity index is 1030. The highest BCUT2D eigenvalue weighted by molar-refractivity contribution is 7.14. The predicted octanol–water partition coefficient (Wildman–Crippen LogP) is 2.26. The molecule has 0 saturated carbocycles. The van der Waals surface area contributed by atoms with Gasteiger partial charge in [-0.1, -0.05) is 11.3 Å². The van der Waals surface area contributed by atoms with Crippen molar-refractivity contribution in [3.63, 3.8) is 0 Å². The number of carbonyl (C=O) groups is 1. The number of morpholine rings is 1. The van der Waals surface area contributed by atoms with E-state index >= 15 is 0 Å². The van der Waals surface area contributed by atoms with Crippen molar-refractivity contribution in [2.75, 3.05) is 25.0 Å². The van der Waals surface area contributed by atoms with Gasteiger partial charge in [0.15, 0.2) is 0 Å². The molecule has 2 unspecified atom stereocenters. The van der Waals surface area contributed by atoms with E-state index in [1.807, 2.05) is 19.1 Å². The van der Waals surface area contributed by atoms with Crippen molar-refractivity contribution < 1.29 is 9.53 Å². The van der Waals surface area contributed by atoms with Gasteiger partial charge in [0, 0.05) is 30.2 Å². The molecule has 0 aromatic carbocycles. The summed E-state index contributed by atoms with van der Waals surface area (Å²) in [4.78, 5) is 23.4. The highest BCUT2D eigenvalue weighted by Gasteiger charge is 2.34. The average Bonchev–Trinajstić information content (AvgIpc) is 3.26. The van der Waals surface area contributed by atoms with Crippen molar-refractivity contribution in [1.29, 1.82) is 0 Å². The Morgan fingerprint density at radius 1 is 1.21 bits per heavy atom. The van der Waals surface area contributed by atoms with Gasteiger partial charge >= 0.3 is 0 Å². The SMILES string of the molecule is Cc1nnc(-c2cnc3cnc(NC(=O)CN4CC5CCC(C4)O5)cc3c2)s1. The third kappa shape index (κ3) is 3.60. The van der Waals surface area contributed by atoms with Crippen LogP contribution in [0.25, 0.3) is 21.5 Å². The number of hydrogen-bond acceptors (Lipinski definition) is 8. The molecule has 5 rings (SSSR count). The zero-order valence-electron chi connectivity index (χ0n) is 15.5. The molecular formula is C19H20N6O2S. The van der Waals surface area contributed by atoms with Crippen molar-refractivity contribution in [3.05, 3.63) is 29.5 Å². The monoisotopic (exact) mass is 396 g/mol. The Morgan fingerprint density at radius 3 is 2.79 bits per heavy atom. The molecule has 2 aliphatic rings. The van der Waals surface area contributed by atoms with E-state index in [9.17, 15) is 4.79 Å². The van der Waals surface area contributed by atoms with Crippen LogP contribution in [0.15, 0.2) is 24.5 Å². The van der Waals surface area contributed by atoms with E-state index in [0.29, 0.717) is 12.4 Å². The maximum Gasteiger partial charge on any atom is 0.239 e. The number of hydrogen-bond donors (Lipinski definition) is 1. The number of amides is 1. The van der Waals surface area contributed by atoms with Crippen LogP contribution in [0.2, 0.25) is 0 Å². The van der Waals surface area contributed by atoms with Gasteiger partial charge in [0.1, 0.15) is 15.8 Å². The topological polar surface area (TPSA) is 93.1 Å². The zero-order chi connectivity index (χ0) is 19.1. The number of pyridine rings is 2.